The lowest BCUT2D eigenvalue weighted by atomic mass is 10.2. The van der Waals surface area contributed by atoms with Crippen molar-refractivity contribution in [1.82, 2.24) is 4.37 Å². The number of hydrogen-bond acceptors (Lipinski definition) is 6. The molecule has 1 unspecified atom stereocenters. The molecule has 0 spiro atoms. The van der Waals surface area contributed by atoms with Crippen molar-refractivity contribution in [1.29, 1.82) is 0 Å². The van der Waals surface area contributed by atoms with E-state index in [1.807, 2.05) is 25.6 Å². The molecule has 1 aliphatic rings. The van der Waals surface area contributed by atoms with Gasteiger partial charge in [0.25, 0.3) is 0 Å². The molecule has 1 atom stereocenters. The zero-order chi connectivity index (χ0) is 12.3. The van der Waals surface area contributed by atoms with Crippen molar-refractivity contribution >= 4 is 34.3 Å². The fourth-order valence-electron chi connectivity index (χ4n) is 1.75. The average Bonchev–Trinajstić information content (AvgIpc) is 2.90. The molecule has 17 heavy (non-hydrogen) atoms. The fraction of sp³-hybridized carbons (Fsp3) is 0.636. The second kappa shape index (κ2) is 5.73. The normalized spacial score (nSPS) is 19.3. The molecule has 1 aromatic heterocycles. The number of aromatic nitrogens is 1. The molecule has 6 heteroatoms. The van der Waals surface area contributed by atoms with Gasteiger partial charge in [-0.25, -0.2) is 4.79 Å². The highest BCUT2D eigenvalue weighted by Crippen LogP contribution is 2.29. The lowest BCUT2D eigenvalue weighted by Crippen LogP contribution is -2.19. The van der Waals surface area contributed by atoms with E-state index < -0.39 is 0 Å². The predicted molar refractivity (Wildman–Crippen MR) is 72.2 cm³/mol. The standard InChI is InChI=1S/C11H16N2O2S2/c1-3-15-11(14)9-7(2)13-17-10(9)12-8-4-5-16-6-8/h8,12H,3-6H2,1-2H3. The molecular weight excluding hydrogens is 256 g/mol. The van der Waals surface area contributed by atoms with Crippen molar-refractivity contribution in [3.63, 3.8) is 0 Å². The highest BCUT2D eigenvalue weighted by Gasteiger charge is 2.23. The first-order chi connectivity index (χ1) is 8.22. The van der Waals surface area contributed by atoms with Gasteiger partial charge >= 0.3 is 5.97 Å². The number of hydrogen-bond donors (Lipinski definition) is 1. The van der Waals surface area contributed by atoms with Gasteiger partial charge in [-0.1, -0.05) is 0 Å². The molecule has 0 aliphatic carbocycles. The Morgan fingerprint density at radius 3 is 3.12 bits per heavy atom. The van der Waals surface area contributed by atoms with Crippen LogP contribution >= 0.6 is 23.3 Å². The van der Waals surface area contributed by atoms with E-state index in [0.29, 0.717) is 18.2 Å². The van der Waals surface area contributed by atoms with Crippen LogP contribution in [0.3, 0.4) is 0 Å². The van der Waals surface area contributed by atoms with Gasteiger partial charge in [0.05, 0.1) is 12.3 Å². The Labute approximate surface area is 109 Å². The molecule has 2 rings (SSSR count). The van der Waals surface area contributed by atoms with Gasteiger partial charge < -0.3 is 10.1 Å². The molecule has 1 aromatic rings. The highest BCUT2D eigenvalue weighted by atomic mass is 32.2. The summed E-state index contributed by atoms with van der Waals surface area (Å²) in [4.78, 5) is 11.8. The Balaban J connectivity index is 2.13. The highest BCUT2D eigenvalue weighted by molar-refractivity contribution is 7.99. The Kier molecular flexibility index (Phi) is 4.28. The summed E-state index contributed by atoms with van der Waals surface area (Å²) in [6.45, 7) is 4.05. The lowest BCUT2D eigenvalue weighted by Gasteiger charge is -2.12. The van der Waals surface area contributed by atoms with Gasteiger partial charge in [0.15, 0.2) is 0 Å². The summed E-state index contributed by atoms with van der Waals surface area (Å²) in [5, 5.41) is 4.26. The number of esters is 1. The van der Waals surface area contributed by atoms with Crippen LogP contribution in [-0.2, 0) is 4.74 Å². The first kappa shape index (κ1) is 12.7. The zero-order valence-corrected chi connectivity index (χ0v) is 11.6. The van der Waals surface area contributed by atoms with Gasteiger partial charge in [0.1, 0.15) is 10.6 Å². The summed E-state index contributed by atoms with van der Waals surface area (Å²) >= 11 is 3.28. The van der Waals surface area contributed by atoms with Gasteiger partial charge in [-0.15, -0.1) is 0 Å². The van der Waals surface area contributed by atoms with Gasteiger partial charge in [0, 0.05) is 11.8 Å². The van der Waals surface area contributed by atoms with E-state index in [2.05, 4.69) is 9.69 Å². The number of ether oxygens (including phenoxy) is 1. The molecule has 0 aromatic carbocycles. The minimum Gasteiger partial charge on any atom is -0.462 e. The molecule has 1 fully saturated rings. The summed E-state index contributed by atoms with van der Waals surface area (Å²) in [6.07, 6.45) is 1.14. The molecule has 0 saturated carbocycles. The van der Waals surface area contributed by atoms with Gasteiger partial charge in [0.2, 0.25) is 0 Å². The Hall–Kier alpha value is -0.750. The largest absolute Gasteiger partial charge is 0.462 e. The second-order valence-electron chi connectivity index (χ2n) is 3.90. The summed E-state index contributed by atoms with van der Waals surface area (Å²) in [5.41, 5.74) is 1.36. The van der Waals surface area contributed by atoms with Gasteiger partial charge in [-0.2, -0.15) is 16.1 Å². The SMILES string of the molecule is CCOC(=O)c1c(C)nsc1NC1CCSC1. The Bertz CT molecular complexity index is 400. The van der Waals surface area contributed by atoms with E-state index in [1.54, 1.807) is 0 Å². The van der Waals surface area contributed by atoms with Crippen LogP contribution in [0.1, 0.15) is 29.4 Å². The molecule has 1 saturated heterocycles. The summed E-state index contributed by atoms with van der Waals surface area (Å²) < 4.78 is 9.29. The van der Waals surface area contributed by atoms with Crippen molar-refractivity contribution in [3.05, 3.63) is 11.3 Å². The van der Waals surface area contributed by atoms with Gasteiger partial charge in [-0.05, 0) is 37.6 Å². The van der Waals surface area contributed by atoms with E-state index in [0.717, 1.165) is 22.9 Å². The van der Waals surface area contributed by atoms with E-state index in [9.17, 15) is 4.79 Å². The molecule has 0 bridgehead atoms. The number of anilines is 1. The second-order valence-corrected chi connectivity index (χ2v) is 5.82. The molecular formula is C11H16N2O2S2. The van der Waals surface area contributed by atoms with Gasteiger partial charge in [-0.3, -0.25) is 0 Å². The van der Waals surface area contributed by atoms with Crippen LogP contribution in [0.4, 0.5) is 5.00 Å². The number of carbonyl (C=O) groups is 1. The number of thioether (sulfide) groups is 1. The van der Waals surface area contributed by atoms with E-state index >= 15 is 0 Å². The van der Waals surface area contributed by atoms with E-state index in [4.69, 9.17) is 4.74 Å². The molecule has 0 amide bonds. The molecule has 2 heterocycles. The maximum Gasteiger partial charge on any atom is 0.343 e. The van der Waals surface area contributed by atoms with Crippen LogP contribution in [0.2, 0.25) is 0 Å². The molecule has 4 nitrogen and oxygen atoms in total. The quantitative estimate of drug-likeness (QED) is 0.854. The topological polar surface area (TPSA) is 51.2 Å². The number of nitrogens with zero attached hydrogens (tertiary/aromatic N) is 1. The molecule has 94 valence electrons. The van der Waals surface area contributed by atoms with Crippen molar-refractivity contribution in [2.24, 2.45) is 0 Å². The predicted octanol–water partition coefficient (Wildman–Crippen LogP) is 2.55. The van der Waals surface area contributed by atoms with Crippen LogP contribution in [-0.4, -0.2) is 34.5 Å². The molecule has 1 N–H and O–H groups in total. The molecule has 1 aliphatic heterocycles. The molecule has 0 radical (unpaired) electrons. The first-order valence-corrected chi connectivity index (χ1v) is 7.62. The number of rotatable bonds is 4. The third-order valence-electron chi connectivity index (χ3n) is 2.61. The lowest BCUT2D eigenvalue weighted by molar-refractivity contribution is 0.0527. The smallest absolute Gasteiger partial charge is 0.343 e. The van der Waals surface area contributed by atoms with Crippen molar-refractivity contribution in [2.45, 2.75) is 26.3 Å². The monoisotopic (exact) mass is 272 g/mol. The summed E-state index contributed by atoms with van der Waals surface area (Å²) in [5.74, 6) is 2.01. The van der Waals surface area contributed by atoms with Crippen LogP contribution in [0.5, 0.6) is 0 Å². The maximum atomic E-state index is 11.8. The zero-order valence-electron chi connectivity index (χ0n) is 9.99. The van der Waals surface area contributed by atoms with Crippen LogP contribution in [0.25, 0.3) is 0 Å². The van der Waals surface area contributed by atoms with Crippen LogP contribution in [0.15, 0.2) is 0 Å². The third-order valence-corrected chi connectivity index (χ3v) is 4.64. The summed E-state index contributed by atoms with van der Waals surface area (Å²) in [7, 11) is 0. The van der Waals surface area contributed by atoms with E-state index in [1.165, 1.54) is 17.3 Å². The number of nitrogens with one attached hydrogen (secondary N) is 1. The van der Waals surface area contributed by atoms with Crippen molar-refractivity contribution in [2.75, 3.05) is 23.4 Å². The minimum absolute atomic E-state index is 0.271. The van der Waals surface area contributed by atoms with Crippen LogP contribution in [0, 0.1) is 6.92 Å². The Morgan fingerprint density at radius 1 is 1.65 bits per heavy atom. The Morgan fingerprint density at radius 2 is 2.47 bits per heavy atom. The first-order valence-electron chi connectivity index (χ1n) is 5.70. The number of aryl methyl sites for hydroxylation is 1. The fourth-order valence-corrected chi connectivity index (χ4v) is 3.76. The van der Waals surface area contributed by atoms with Crippen molar-refractivity contribution < 1.29 is 9.53 Å². The van der Waals surface area contributed by atoms with Crippen molar-refractivity contribution in [3.8, 4) is 0 Å². The third kappa shape index (κ3) is 2.93. The average molecular weight is 272 g/mol. The number of carbonyl (C=O) groups excluding carboxylic acids is 1. The maximum absolute atomic E-state index is 11.8. The minimum atomic E-state index is -0.271. The summed E-state index contributed by atoms with van der Waals surface area (Å²) in [6, 6.07) is 0.452. The van der Waals surface area contributed by atoms with E-state index in [-0.39, 0.29) is 5.97 Å². The van der Waals surface area contributed by atoms with Crippen LogP contribution < -0.4 is 5.32 Å².